The highest BCUT2D eigenvalue weighted by Crippen LogP contribution is 2.66. The molecule has 0 aliphatic heterocycles. The molecule has 0 saturated heterocycles. The number of aromatic nitrogens is 1. The first-order chi connectivity index (χ1) is 7.04. The molecule has 2 aromatic rings. The molecule has 1 heterocycles. The zero-order valence-electron chi connectivity index (χ0n) is 7.44. The monoisotopic (exact) mass is 269 g/mol. The summed E-state index contributed by atoms with van der Waals surface area (Å²) in [6.45, 7) is 0. The van der Waals surface area contributed by atoms with Gasteiger partial charge in [-0.1, -0.05) is 0 Å². The second-order valence-corrected chi connectivity index (χ2v) is 8.47. The molecule has 0 fully saturated rings. The van der Waals surface area contributed by atoms with Gasteiger partial charge in [-0.25, -0.2) is 8.78 Å². The van der Waals surface area contributed by atoms with E-state index < -0.39 is 20.3 Å². The molecule has 6 heteroatoms. The zero-order valence-corrected chi connectivity index (χ0v) is 9.76. The number of nitrogens with one attached hydrogen (secondary N) is 1. The van der Waals surface area contributed by atoms with Gasteiger partial charge in [-0.3, -0.25) is 0 Å². The molecule has 0 unspecified atom stereocenters. The number of halogens is 4. The smallest absolute Gasteiger partial charge is 0.148 e. The minimum Gasteiger partial charge on any atom is -0.360 e. The van der Waals surface area contributed by atoms with Crippen LogP contribution in [0.5, 0.6) is 0 Å². The van der Waals surface area contributed by atoms with Gasteiger partial charge >= 0.3 is 0 Å². The van der Waals surface area contributed by atoms with E-state index in [-0.39, 0.29) is 0 Å². The number of rotatable bonds is 2. The lowest BCUT2D eigenvalue weighted by molar-refractivity contribution is 0.604. The molecule has 0 amide bonds. The predicted octanol–water partition coefficient (Wildman–Crippen LogP) is 4.71. The molecule has 2 rings (SSSR count). The number of H-pyrrole nitrogens is 1. The molecule has 0 aliphatic rings. The van der Waals surface area contributed by atoms with Crippen LogP contribution in [0.25, 0.3) is 10.9 Å². The van der Waals surface area contributed by atoms with Gasteiger partial charge in [0.05, 0.1) is 0 Å². The molecule has 0 bridgehead atoms. The quantitative estimate of drug-likeness (QED) is 0.813. The van der Waals surface area contributed by atoms with Crippen LogP contribution in [0.1, 0.15) is 0 Å². The van der Waals surface area contributed by atoms with Crippen LogP contribution in [0, 0.1) is 5.82 Å². The van der Waals surface area contributed by atoms with E-state index in [1.54, 1.807) is 6.07 Å². The minimum atomic E-state index is -2.52. The van der Waals surface area contributed by atoms with E-state index in [2.05, 4.69) is 4.98 Å². The van der Waals surface area contributed by atoms with Crippen LogP contribution < -0.4 is 0 Å². The van der Waals surface area contributed by atoms with Crippen LogP contribution in [0.15, 0.2) is 29.3 Å². The van der Waals surface area contributed by atoms with Gasteiger partial charge in [0.2, 0.25) is 0 Å². The van der Waals surface area contributed by atoms with E-state index in [4.69, 9.17) is 21.4 Å². The van der Waals surface area contributed by atoms with Crippen LogP contribution in [0.4, 0.5) is 8.78 Å². The normalized spacial score (nSPS) is 13.3. The first-order valence-corrected chi connectivity index (χ1v) is 7.53. The van der Waals surface area contributed by atoms with Gasteiger partial charge in [-0.2, -0.15) is 0 Å². The lowest BCUT2D eigenvalue weighted by Gasteiger charge is -2.19. The van der Waals surface area contributed by atoms with Gasteiger partial charge in [0.25, 0.3) is 0 Å². The van der Waals surface area contributed by atoms with E-state index in [0.29, 0.717) is 15.8 Å². The highest BCUT2D eigenvalue weighted by Gasteiger charge is 2.24. The fraction of sp³-hybridized carbons (Fsp3) is 0.111. The molecule has 82 valence electrons. The van der Waals surface area contributed by atoms with E-state index in [0.717, 1.165) is 0 Å². The van der Waals surface area contributed by atoms with Crippen molar-refractivity contribution in [1.29, 1.82) is 0 Å². The van der Waals surface area contributed by atoms with Crippen molar-refractivity contribution in [2.24, 2.45) is 0 Å². The molecular formula is C9H7Cl2F2NS. The standard InChI is InChI=1S/C9H7Cl2F2NS/c10-15(11,5-12)9-4-14-8-2-1-6(13)3-7(8)9/h1-4,14H,5H2. The molecule has 0 spiro atoms. The van der Waals surface area contributed by atoms with Gasteiger partial charge in [0, 0.05) is 22.0 Å². The van der Waals surface area contributed by atoms with E-state index in [1.807, 2.05) is 0 Å². The molecule has 15 heavy (non-hydrogen) atoms. The molecule has 0 radical (unpaired) electrons. The molecular weight excluding hydrogens is 263 g/mol. The summed E-state index contributed by atoms with van der Waals surface area (Å²) in [5.74, 6) is -0.397. The van der Waals surface area contributed by atoms with Crippen molar-refractivity contribution >= 4 is 40.7 Å². The van der Waals surface area contributed by atoms with Crippen molar-refractivity contribution in [2.75, 3.05) is 6.01 Å². The van der Waals surface area contributed by atoms with E-state index in [9.17, 15) is 8.78 Å². The molecule has 1 nitrogen and oxygen atoms in total. The van der Waals surface area contributed by atoms with Crippen molar-refractivity contribution in [3.63, 3.8) is 0 Å². The molecule has 0 atom stereocenters. The average molecular weight is 270 g/mol. The maximum Gasteiger partial charge on any atom is 0.148 e. The summed E-state index contributed by atoms with van der Waals surface area (Å²) in [5.41, 5.74) is 0.693. The van der Waals surface area contributed by atoms with E-state index in [1.165, 1.54) is 18.3 Å². The first kappa shape index (κ1) is 11.0. The Balaban J connectivity index is 2.67. The van der Waals surface area contributed by atoms with Gasteiger partial charge < -0.3 is 4.98 Å². The Hall–Kier alpha value is -0.450. The van der Waals surface area contributed by atoms with Crippen molar-refractivity contribution in [3.8, 4) is 0 Å². The summed E-state index contributed by atoms with van der Waals surface area (Å²) in [5, 5.41) is 0.535. The molecule has 0 saturated carbocycles. The lowest BCUT2D eigenvalue weighted by Crippen LogP contribution is -1.85. The fourth-order valence-electron chi connectivity index (χ4n) is 1.37. The summed E-state index contributed by atoms with van der Waals surface area (Å²) < 4.78 is 25.6. The van der Waals surface area contributed by atoms with Crippen LogP contribution in [0.2, 0.25) is 0 Å². The van der Waals surface area contributed by atoms with Crippen LogP contribution in [-0.4, -0.2) is 11.0 Å². The Bertz CT molecular complexity index is 498. The van der Waals surface area contributed by atoms with Crippen LogP contribution in [-0.2, 0) is 0 Å². The lowest BCUT2D eigenvalue weighted by atomic mass is 10.2. The molecule has 1 aromatic heterocycles. The van der Waals surface area contributed by atoms with Gasteiger partial charge in [-0.05, 0) is 48.0 Å². The number of hydrogen-bond acceptors (Lipinski definition) is 0. The molecule has 1 aromatic carbocycles. The predicted molar refractivity (Wildman–Crippen MR) is 61.8 cm³/mol. The van der Waals surface area contributed by atoms with Gasteiger partial charge in [-0.15, -0.1) is 0 Å². The second-order valence-electron chi connectivity index (χ2n) is 3.03. The van der Waals surface area contributed by atoms with Crippen molar-refractivity contribution in [2.45, 2.75) is 4.90 Å². The van der Waals surface area contributed by atoms with Crippen molar-refractivity contribution in [1.82, 2.24) is 4.98 Å². The Morgan fingerprint density at radius 3 is 2.73 bits per heavy atom. The number of alkyl halides is 1. The maximum atomic E-state index is 13.0. The number of aromatic amines is 1. The van der Waals surface area contributed by atoms with Gasteiger partial charge in [0.1, 0.15) is 11.8 Å². The summed E-state index contributed by atoms with van der Waals surface area (Å²) >= 11 is 0. The third-order valence-corrected chi connectivity index (χ3v) is 4.81. The Morgan fingerprint density at radius 2 is 2.07 bits per heavy atom. The highest BCUT2D eigenvalue weighted by molar-refractivity contribution is 8.66. The van der Waals surface area contributed by atoms with Gasteiger partial charge in [0.15, 0.2) is 0 Å². The average Bonchev–Trinajstić information content (AvgIpc) is 2.61. The fourth-order valence-corrected chi connectivity index (χ4v) is 2.98. The third kappa shape index (κ3) is 1.94. The largest absolute Gasteiger partial charge is 0.360 e. The second kappa shape index (κ2) is 3.85. The molecule has 0 aliphatic carbocycles. The Kier molecular flexibility index (Phi) is 2.83. The van der Waals surface area contributed by atoms with Crippen LogP contribution >= 0.6 is 29.8 Å². The topological polar surface area (TPSA) is 15.8 Å². The summed E-state index contributed by atoms with van der Waals surface area (Å²) in [6.07, 6.45) is 1.53. The Labute approximate surface area is 95.7 Å². The number of hydrogen-bond donors (Lipinski definition) is 1. The Morgan fingerprint density at radius 1 is 1.33 bits per heavy atom. The van der Waals surface area contributed by atoms with E-state index >= 15 is 0 Å². The zero-order chi connectivity index (χ0) is 11.1. The number of benzene rings is 1. The molecule has 1 N–H and O–H groups in total. The maximum absolute atomic E-state index is 13.0. The summed E-state index contributed by atoms with van der Waals surface area (Å²) in [6, 6.07) is 3.33. The minimum absolute atomic E-state index is 0.397. The highest BCUT2D eigenvalue weighted by atomic mass is 36.0. The van der Waals surface area contributed by atoms with Crippen molar-refractivity contribution < 1.29 is 8.78 Å². The number of fused-ring (bicyclic) bond motifs is 1. The third-order valence-electron chi connectivity index (χ3n) is 2.06. The summed E-state index contributed by atoms with van der Waals surface area (Å²) in [7, 11) is 9.18. The summed E-state index contributed by atoms with van der Waals surface area (Å²) in [4.78, 5) is 3.31. The first-order valence-electron chi connectivity index (χ1n) is 4.07. The van der Waals surface area contributed by atoms with Crippen LogP contribution in [0.3, 0.4) is 0 Å². The SMILES string of the molecule is FCS(Cl)(Cl)c1c[nH]c2ccc(F)cc12. The van der Waals surface area contributed by atoms with Crippen molar-refractivity contribution in [3.05, 3.63) is 30.2 Å².